The van der Waals surface area contributed by atoms with E-state index in [2.05, 4.69) is 91.9 Å². The van der Waals surface area contributed by atoms with Crippen molar-refractivity contribution in [3.63, 3.8) is 0 Å². The highest BCUT2D eigenvalue weighted by Gasteiger charge is 2.38. The van der Waals surface area contributed by atoms with Gasteiger partial charge in [0.2, 0.25) is 6.71 Å². The summed E-state index contributed by atoms with van der Waals surface area (Å²) in [6.07, 6.45) is 3.70. The van der Waals surface area contributed by atoms with Crippen molar-refractivity contribution in [1.82, 2.24) is 9.97 Å². The molecular weight excluding hydrogens is 435 g/mol. The zero-order valence-electron chi connectivity index (χ0n) is 20.4. The molecule has 0 saturated heterocycles. The van der Waals surface area contributed by atoms with Gasteiger partial charge in [-0.2, -0.15) is 0 Å². The van der Waals surface area contributed by atoms with Crippen LogP contribution in [0.2, 0.25) is 0 Å². The molecule has 0 saturated carbocycles. The Morgan fingerprint density at radius 1 is 0.556 bits per heavy atom. The van der Waals surface area contributed by atoms with Gasteiger partial charge in [-0.1, -0.05) is 95.9 Å². The molecule has 0 atom stereocenters. The second-order valence-electron chi connectivity index (χ2n) is 10.5. The number of benzene rings is 4. The Morgan fingerprint density at radius 3 is 1.83 bits per heavy atom. The normalized spacial score (nSPS) is 14.3. The zero-order chi connectivity index (χ0) is 23.8. The van der Waals surface area contributed by atoms with E-state index in [1.54, 1.807) is 0 Å². The van der Waals surface area contributed by atoms with Crippen LogP contribution in [0.4, 0.5) is 0 Å². The smallest absolute Gasteiger partial charge is 0.233 e. The van der Waals surface area contributed by atoms with Crippen molar-refractivity contribution in [1.29, 1.82) is 0 Å². The molecule has 4 aromatic carbocycles. The van der Waals surface area contributed by atoms with Crippen molar-refractivity contribution < 1.29 is 0 Å². The van der Waals surface area contributed by atoms with Crippen LogP contribution in [0.15, 0.2) is 84.9 Å². The minimum absolute atomic E-state index is 0.234. The topological polar surface area (TPSA) is 25.8 Å². The molecule has 2 aliphatic heterocycles. The standard InChI is InChI=1S/C33H25BN2/c1-20-8-6-11-21-16-22-12-7-13-25(27(22)19-26(20)21)33-35-30-17-23-9-2-4-14-28(23)34-29-15-5-3-10-24(29)18-31(36-33)32(30)34/h2-15H,16-19H2,1H3. The second kappa shape index (κ2) is 7.51. The molecular formula is C33H25BN2. The fraction of sp³-hybridized carbons (Fsp3) is 0.152. The number of hydrogen-bond donors (Lipinski definition) is 0. The van der Waals surface area contributed by atoms with Gasteiger partial charge in [-0.05, 0) is 64.2 Å². The maximum Gasteiger partial charge on any atom is 0.246 e. The summed E-state index contributed by atoms with van der Waals surface area (Å²) in [6.45, 7) is 2.47. The van der Waals surface area contributed by atoms with Crippen LogP contribution in [0, 0.1) is 6.92 Å². The monoisotopic (exact) mass is 460 g/mol. The number of hydrogen-bond acceptors (Lipinski definition) is 2. The average molecular weight is 460 g/mol. The molecule has 0 spiro atoms. The zero-order valence-corrected chi connectivity index (χ0v) is 20.4. The maximum atomic E-state index is 5.32. The summed E-state index contributed by atoms with van der Waals surface area (Å²) in [7, 11) is 0. The summed E-state index contributed by atoms with van der Waals surface area (Å²) in [5, 5.41) is 0. The van der Waals surface area contributed by atoms with E-state index in [0.717, 1.165) is 31.5 Å². The lowest BCUT2D eigenvalue weighted by Gasteiger charge is -2.33. The van der Waals surface area contributed by atoms with Crippen LogP contribution in [0.3, 0.4) is 0 Å². The molecule has 3 aliphatic rings. The minimum Gasteiger partial charge on any atom is -0.233 e. The van der Waals surface area contributed by atoms with Crippen molar-refractivity contribution in [2.75, 3.05) is 0 Å². The molecule has 0 fully saturated rings. The summed E-state index contributed by atoms with van der Waals surface area (Å²) in [4.78, 5) is 10.6. The third-order valence-electron chi connectivity index (χ3n) is 8.60. The summed E-state index contributed by atoms with van der Waals surface area (Å²) in [5.74, 6) is 0.898. The molecule has 0 unspecified atom stereocenters. The van der Waals surface area contributed by atoms with E-state index in [0.29, 0.717) is 0 Å². The molecule has 0 bridgehead atoms. The Kier molecular flexibility index (Phi) is 4.22. The first-order valence-corrected chi connectivity index (χ1v) is 13.0. The summed E-state index contributed by atoms with van der Waals surface area (Å²) < 4.78 is 0. The third kappa shape index (κ3) is 2.86. The lowest BCUT2D eigenvalue weighted by Crippen LogP contribution is -2.61. The predicted molar refractivity (Wildman–Crippen MR) is 147 cm³/mol. The number of rotatable bonds is 1. The Labute approximate surface area is 212 Å². The van der Waals surface area contributed by atoms with Crippen LogP contribution in [0.25, 0.3) is 11.4 Å². The van der Waals surface area contributed by atoms with E-state index in [9.17, 15) is 0 Å². The predicted octanol–water partition coefficient (Wildman–Crippen LogP) is 4.27. The highest BCUT2D eigenvalue weighted by atomic mass is 14.9. The molecule has 0 radical (unpaired) electrons. The van der Waals surface area contributed by atoms with E-state index in [1.807, 2.05) is 0 Å². The fourth-order valence-electron chi connectivity index (χ4n) is 6.87. The Morgan fingerprint density at radius 2 is 1.14 bits per heavy atom. The molecule has 3 heteroatoms. The average Bonchev–Trinajstić information content (AvgIpc) is 2.91. The van der Waals surface area contributed by atoms with Crippen LogP contribution in [0.1, 0.15) is 50.3 Å². The maximum absolute atomic E-state index is 5.32. The van der Waals surface area contributed by atoms with Crippen LogP contribution >= 0.6 is 0 Å². The van der Waals surface area contributed by atoms with E-state index in [-0.39, 0.29) is 6.71 Å². The van der Waals surface area contributed by atoms with Gasteiger partial charge in [0.25, 0.3) is 0 Å². The van der Waals surface area contributed by atoms with Crippen molar-refractivity contribution in [2.24, 2.45) is 0 Å². The van der Waals surface area contributed by atoms with Crippen molar-refractivity contribution >= 4 is 23.1 Å². The van der Waals surface area contributed by atoms with E-state index in [4.69, 9.17) is 9.97 Å². The Hall–Kier alpha value is -3.98. The highest BCUT2D eigenvalue weighted by molar-refractivity contribution is 6.97. The third-order valence-corrected chi connectivity index (χ3v) is 8.60. The lowest BCUT2D eigenvalue weighted by atomic mass is 9.31. The number of nitrogens with zero attached hydrogens (tertiary/aromatic N) is 2. The van der Waals surface area contributed by atoms with Crippen molar-refractivity contribution in [3.8, 4) is 11.4 Å². The van der Waals surface area contributed by atoms with Gasteiger partial charge < -0.3 is 0 Å². The van der Waals surface area contributed by atoms with Crippen molar-refractivity contribution in [3.05, 3.63) is 135 Å². The number of aryl methyl sites for hydroxylation is 1. The molecule has 36 heavy (non-hydrogen) atoms. The Balaban J connectivity index is 1.33. The molecule has 0 amide bonds. The van der Waals surface area contributed by atoms with Crippen LogP contribution in [-0.4, -0.2) is 16.7 Å². The molecule has 0 N–H and O–H groups in total. The van der Waals surface area contributed by atoms with Gasteiger partial charge in [0.15, 0.2) is 5.82 Å². The molecule has 8 rings (SSSR count). The molecule has 2 nitrogen and oxygen atoms in total. The molecule has 3 heterocycles. The molecule has 170 valence electrons. The number of aromatic nitrogens is 2. The second-order valence-corrected chi connectivity index (χ2v) is 10.5. The lowest BCUT2D eigenvalue weighted by molar-refractivity contribution is 0.960. The van der Waals surface area contributed by atoms with Gasteiger partial charge in [-0.15, -0.1) is 0 Å². The van der Waals surface area contributed by atoms with Crippen LogP contribution < -0.4 is 16.4 Å². The summed E-state index contributed by atoms with van der Waals surface area (Å²) >= 11 is 0. The van der Waals surface area contributed by atoms with Gasteiger partial charge in [0.1, 0.15) is 0 Å². The first-order chi connectivity index (χ1) is 17.7. The van der Waals surface area contributed by atoms with Gasteiger partial charge >= 0.3 is 0 Å². The van der Waals surface area contributed by atoms with Gasteiger partial charge in [-0.25, -0.2) is 9.97 Å². The van der Waals surface area contributed by atoms with Gasteiger partial charge in [0.05, 0.1) is 0 Å². The highest BCUT2D eigenvalue weighted by Crippen LogP contribution is 2.35. The van der Waals surface area contributed by atoms with Gasteiger partial charge in [0, 0.05) is 29.8 Å². The minimum atomic E-state index is 0.234. The first-order valence-electron chi connectivity index (χ1n) is 13.0. The number of fused-ring (bicyclic) bond motifs is 6. The first kappa shape index (κ1) is 20.2. The van der Waals surface area contributed by atoms with E-state index in [1.165, 1.54) is 72.3 Å². The molecule has 5 aromatic rings. The quantitative estimate of drug-likeness (QED) is 0.342. The van der Waals surface area contributed by atoms with E-state index < -0.39 is 0 Å². The molecule has 1 aliphatic carbocycles. The molecule has 1 aromatic heterocycles. The van der Waals surface area contributed by atoms with Crippen molar-refractivity contribution in [2.45, 2.75) is 32.6 Å². The summed E-state index contributed by atoms with van der Waals surface area (Å²) in [6, 6.07) is 31.3. The van der Waals surface area contributed by atoms with Crippen LogP contribution in [-0.2, 0) is 25.7 Å². The van der Waals surface area contributed by atoms with Crippen LogP contribution in [0.5, 0.6) is 0 Å². The van der Waals surface area contributed by atoms with E-state index >= 15 is 0 Å². The largest absolute Gasteiger partial charge is 0.246 e. The SMILES string of the molecule is Cc1cccc2c1Cc1c(cccc1-c1nc3c4c(n1)Cc1ccccc1B4c1ccccc1C3)C2. The van der Waals surface area contributed by atoms with Gasteiger partial charge in [-0.3, -0.25) is 0 Å². The fourth-order valence-corrected chi connectivity index (χ4v) is 6.87. The Bertz CT molecular complexity index is 1650. The summed E-state index contributed by atoms with van der Waals surface area (Å²) in [5.41, 5.74) is 17.7.